The second kappa shape index (κ2) is 8.11. The fraction of sp³-hybridized carbons (Fsp3) is 0.263. The van der Waals surface area contributed by atoms with Gasteiger partial charge in [0.15, 0.2) is 0 Å². The van der Waals surface area contributed by atoms with Gasteiger partial charge in [0.2, 0.25) is 5.91 Å². The topological polar surface area (TPSA) is 45.2 Å². The number of hydrogen-bond acceptors (Lipinski definition) is 3. The highest BCUT2D eigenvalue weighted by Crippen LogP contribution is 2.19. The fourth-order valence-corrected chi connectivity index (χ4v) is 3.13. The summed E-state index contributed by atoms with van der Waals surface area (Å²) in [6.45, 7) is 2.64. The van der Waals surface area contributed by atoms with Crippen molar-refractivity contribution in [2.45, 2.75) is 19.4 Å². The van der Waals surface area contributed by atoms with Gasteiger partial charge in [0.1, 0.15) is 5.82 Å². The van der Waals surface area contributed by atoms with E-state index in [1.807, 2.05) is 42.6 Å². The molecule has 0 bridgehead atoms. The third-order valence-electron chi connectivity index (χ3n) is 4.03. The highest BCUT2D eigenvalue weighted by atomic mass is 79.9. The van der Waals surface area contributed by atoms with Crippen molar-refractivity contribution in [1.29, 1.82) is 0 Å². The Balaban J connectivity index is 1.56. The molecule has 1 aliphatic heterocycles. The van der Waals surface area contributed by atoms with Crippen molar-refractivity contribution in [3.05, 3.63) is 64.3 Å². The fourth-order valence-electron chi connectivity index (χ4n) is 2.71. The number of carbonyl (C=O) groups excluding carboxylic acids is 1. The predicted octanol–water partition coefficient (Wildman–Crippen LogP) is 3.77. The molecule has 1 N–H and O–H groups in total. The molecular weight excluding hydrogens is 366 g/mol. The number of hydrogen-bond donors (Lipinski definition) is 1. The zero-order chi connectivity index (χ0) is 16.8. The van der Waals surface area contributed by atoms with Crippen LogP contribution >= 0.6 is 15.9 Å². The summed E-state index contributed by atoms with van der Waals surface area (Å²) in [4.78, 5) is 18.7. The molecule has 0 radical (unpaired) electrons. The molecule has 0 saturated carbocycles. The van der Waals surface area contributed by atoms with Gasteiger partial charge in [0.05, 0.1) is 0 Å². The van der Waals surface area contributed by atoms with Gasteiger partial charge >= 0.3 is 0 Å². The van der Waals surface area contributed by atoms with E-state index in [0.717, 1.165) is 34.5 Å². The number of aromatic nitrogens is 1. The first-order chi connectivity index (χ1) is 11.7. The van der Waals surface area contributed by atoms with E-state index in [1.165, 1.54) is 12.8 Å². The first-order valence-electron chi connectivity index (χ1n) is 8.13. The summed E-state index contributed by atoms with van der Waals surface area (Å²) in [7, 11) is 0. The number of carbonyl (C=O) groups is 1. The summed E-state index contributed by atoms with van der Waals surface area (Å²) in [5.41, 5.74) is 2.04. The van der Waals surface area contributed by atoms with Gasteiger partial charge in [0, 0.05) is 36.4 Å². The van der Waals surface area contributed by atoms with E-state index in [0.29, 0.717) is 6.54 Å². The van der Waals surface area contributed by atoms with E-state index in [9.17, 15) is 4.79 Å². The number of halogens is 1. The predicted molar refractivity (Wildman–Crippen MR) is 101 cm³/mol. The number of benzene rings is 1. The number of nitrogens with one attached hydrogen (secondary N) is 1. The first-order valence-corrected chi connectivity index (χ1v) is 8.92. The molecule has 2 aromatic rings. The van der Waals surface area contributed by atoms with Gasteiger partial charge in [-0.25, -0.2) is 4.98 Å². The quantitative estimate of drug-likeness (QED) is 0.796. The molecule has 5 heteroatoms. The molecular formula is C19H20BrN3O. The SMILES string of the molecule is O=C(/C=C/c1ccccc1Br)NCc1ccnc(N2CCCC2)c1. The molecule has 1 aliphatic rings. The molecule has 1 aromatic carbocycles. The van der Waals surface area contributed by atoms with Crippen molar-refractivity contribution in [2.24, 2.45) is 0 Å². The standard InChI is InChI=1S/C19H20BrN3O/c20-17-6-2-1-5-16(17)7-8-19(24)22-14-15-9-10-21-18(13-15)23-11-3-4-12-23/h1-2,5-10,13H,3-4,11-12,14H2,(H,22,24)/b8-7+. The van der Waals surface area contributed by atoms with E-state index in [1.54, 1.807) is 6.08 Å². The summed E-state index contributed by atoms with van der Waals surface area (Å²) in [6, 6.07) is 11.8. The minimum atomic E-state index is -0.106. The van der Waals surface area contributed by atoms with Crippen LogP contribution in [0.25, 0.3) is 6.08 Å². The molecule has 1 fully saturated rings. The van der Waals surface area contributed by atoms with E-state index in [4.69, 9.17) is 0 Å². The van der Waals surface area contributed by atoms with Crippen LogP contribution in [0.3, 0.4) is 0 Å². The minimum Gasteiger partial charge on any atom is -0.357 e. The van der Waals surface area contributed by atoms with Crippen molar-refractivity contribution in [3.63, 3.8) is 0 Å². The number of pyridine rings is 1. The molecule has 1 aromatic heterocycles. The van der Waals surface area contributed by atoms with Gasteiger partial charge in [-0.05, 0) is 48.2 Å². The number of rotatable bonds is 5. The smallest absolute Gasteiger partial charge is 0.244 e. The number of nitrogens with zero attached hydrogens (tertiary/aromatic N) is 2. The highest BCUT2D eigenvalue weighted by molar-refractivity contribution is 9.10. The van der Waals surface area contributed by atoms with E-state index in [2.05, 4.69) is 37.2 Å². The third-order valence-corrected chi connectivity index (χ3v) is 4.75. The normalized spacial score (nSPS) is 14.3. The lowest BCUT2D eigenvalue weighted by Gasteiger charge is -2.16. The number of anilines is 1. The van der Waals surface area contributed by atoms with Crippen LogP contribution in [0.1, 0.15) is 24.0 Å². The van der Waals surface area contributed by atoms with E-state index in [-0.39, 0.29) is 5.91 Å². The van der Waals surface area contributed by atoms with Crippen molar-refractivity contribution >= 4 is 33.7 Å². The van der Waals surface area contributed by atoms with Crippen LogP contribution in [0.4, 0.5) is 5.82 Å². The van der Waals surface area contributed by atoms with Crippen molar-refractivity contribution in [3.8, 4) is 0 Å². The van der Waals surface area contributed by atoms with Crippen LogP contribution in [0, 0.1) is 0 Å². The Kier molecular flexibility index (Phi) is 5.64. The summed E-state index contributed by atoms with van der Waals surface area (Å²) < 4.78 is 0.971. The Hall–Kier alpha value is -2.14. The van der Waals surface area contributed by atoms with Crippen LogP contribution in [0.2, 0.25) is 0 Å². The second-order valence-corrected chi connectivity index (χ2v) is 6.64. The Bertz CT molecular complexity index is 739. The lowest BCUT2D eigenvalue weighted by Crippen LogP contribution is -2.22. The molecule has 0 spiro atoms. The highest BCUT2D eigenvalue weighted by Gasteiger charge is 2.13. The van der Waals surface area contributed by atoms with Crippen LogP contribution in [0.5, 0.6) is 0 Å². The molecule has 2 heterocycles. The number of amides is 1. The summed E-state index contributed by atoms with van der Waals surface area (Å²) in [5, 5.41) is 2.92. The Morgan fingerprint density at radius 2 is 2.04 bits per heavy atom. The van der Waals surface area contributed by atoms with Crippen LogP contribution < -0.4 is 10.2 Å². The van der Waals surface area contributed by atoms with Crippen molar-refractivity contribution in [1.82, 2.24) is 10.3 Å². The molecule has 1 saturated heterocycles. The lowest BCUT2D eigenvalue weighted by molar-refractivity contribution is -0.116. The average Bonchev–Trinajstić information content (AvgIpc) is 3.14. The van der Waals surface area contributed by atoms with Gasteiger partial charge in [-0.15, -0.1) is 0 Å². The van der Waals surface area contributed by atoms with E-state index < -0.39 is 0 Å². The first kappa shape index (κ1) is 16.7. The van der Waals surface area contributed by atoms with Crippen LogP contribution in [-0.4, -0.2) is 24.0 Å². The summed E-state index contributed by atoms with van der Waals surface area (Å²) >= 11 is 3.47. The largest absolute Gasteiger partial charge is 0.357 e. The van der Waals surface area contributed by atoms with Gasteiger partial charge in [-0.1, -0.05) is 34.1 Å². The molecule has 4 nitrogen and oxygen atoms in total. The molecule has 24 heavy (non-hydrogen) atoms. The van der Waals surface area contributed by atoms with Gasteiger partial charge in [0.25, 0.3) is 0 Å². The van der Waals surface area contributed by atoms with Crippen LogP contribution in [0.15, 0.2) is 53.1 Å². The van der Waals surface area contributed by atoms with Crippen molar-refractivity contribution < 1.29 is 4.79 Å². The maximum atomic E-state index is 12.0. The van der Waals surface area contributed by atoms with E-state index >= 15 is 0 Å². The molecule has 0 unspecified atom stereocenters. The van der Waals surface area contributed by atoms with Gasteiger partial charge < -0.3 is 10.2 Å². The lowest BCUT2D eigenvalue weighted by atomic mass is 10.2. The second-order valence-electron chi connectivity index (χ2n) is 5.79. The minimum absolute atomic E-state index is 0.106. The third kappa shape index (κ3) is 4.45. The average molecular weight is 386 g/mol. The molecule has 1 amide bonds. The summed E-state index contributed by atoms with van der Waals surface area (Å²) in [6.07, 6.45) is 7.63. The molecule has 3 rings (SSSR count). The Labute approximate surface area is 150 Å². The zero-order valence-corrected chi connectivity index (χ0v) is 15.0. The monoisotopic (exact) mass is 385 g/mol. The van der Waals surface area contributed by atoms with Crippen LogP contribution in [-0.2, 0) is 11.3 Å². The Morgan fingerprint density at radius 3 is 2.83 bits per heavy atom. The Morgan fingerprint density at radius 1 is 1.25 bits per heavy atom. The van der Waals surface area contributed by atoms with Gasteiger partial charge in [-0.2, -0.15) is 0 Å². The molecule has 124 valence electrons. The molecule has 0 aliphatic carbocycles. The maximum Gasteiger partial charge on any atom is 0.244 e. The zero-order valence-electron chi connectivity index (χ0n) is 13.4. The molecule has 0 atom stereocenters. The maximum absolute atomic E-state index is 12.0. The summed E-state index contributed by atoms with van der Waals surface area (Å²) in [5.74, 6) is 0.897. The van der Waals surface area contributed by atoms with Gasteiger partial charge in [-0.3, -0.25) is 4.79 Å². The van der Waals surface area contributed by atoms with Crippen molar-refractivity contribution in [2.75, 3.05) is 18.0 Å².